The maximum Gasteiger partial charge on any atom is 0.137 e. The predicted octanol–water partition coefficient (Wildman–Crippen LogP) is 15.3. The summed E-state index contributed by atoms with van der Waals surface area (Å²) in [6.45, 7) is 0. The first kappa shape index (κ1) is 30.9. The molecule has 2 aromatic heterocycles. The fraction of sp³-hybridized carbons (Fsp3) is 0. The standard InChI is InChI=1S/C52H32N2O2/c1-3-11-37(12-4-1)53(39-23-25-45-43-15-7-9-17-47(43)55-49(45)31-39)41-27-33-19-21-35-29-42(30-36-22-20-34(28-41)51(33)52(35)36)54(38-13-5-2-6-14-38)40-24-26-46-44-16-8-10-18-48(44)56-50(46)32-40/h1-32H. The molecule has 0 unspecified atom stereocenters. The van der Waals surface area contributed by atoms with Crippen LogP contribution in [0.5, 0.6) is 0 Å². The highest BCUT2D eigenvalue weighted by molar-refractivity contribution is 6.25. The lowest BCUT2D eigenvalue weighted by atomic mass is 9.92. The lowest BCUT2D eigenvalue weighted by molar-refractivity contribution is 0.668. The molecule has 0 atom stereocenters. The normalized spacial score (nSPS) is 11.9. The van der Waals surface area contributed by atoms with Gasteiger partial charge in [0.1, 0.15) is 22.3 Å². The van der Waals surface area contributed by atoms with E-state index in [0.717, 1.165) is 78.0 Å². The minimum absolute atomic E-state index is 0.875. The molecule has 56 heavy (non-hydrogen) atoms. The zero-order valence-corrected chi connectivity index (χ0v) is 30.2. The Morgan fingerprint density at radius 2 is 0.607 bits per heavy atom. The van der Waals surface area contributed by atoms with Gasteiger partial charge in [-0.05, 0) is 117 Å². The van der Waals surface area contributed by atoms with E-state index in [0.29, 0.717) is 0 Å². The van der Waals surface area contributed by atoms with Crippen molar-refractivity contribution in [2.45, 2.75) is 0 Å². The lowest BCUT2D eigenvalue weighted by Crippen LogP contribution is -2.10. The van der Waals surface area contributed by atoms with Crippen molar-refractivity contribution in [3.8, 4) is 0 Å². The van der Waals surface area contributed by atoms with Gasteiger partial charge in [-0.3, -0.25) is 0 Å². The molecule has 0 bridgehead atoms. The summed E-state index contributed by atoms with van der Waals surface area (Å²) in [5.74, 6) is 0. The summed E-state index contributed by atoms with van der Waals surface area (Å²) in [6.07, 6.45) is 0. The summed E-state index contributed by atoms with van der Waals surface area (Å²) >= 11 is 0. The van der Waals surface area contributed by atoms with Crippen molar-refractivity contribution >= 4 is 110 Å². The van der Waals surface area contributed by atoms with Gasteiger partial charge in [-0.1, -0.05) is 97.1 Å². The largest absolute Gasteiger partial charge is 0.456 e. The summed E-state index contributed by atoms with van der Waals surface area (Å²) in [7, 11) is 0. The van der Waals surface area contributed by atoms with Crippen molar-refractivity contribution in [3.63, 3.8) is 0 Å². The van der Waals surface area contributed by atoms with Gasteiger partial charge in [0.2, 0.25) is 0 Å². The second-order valence-electron chi connectivity index (χ2n) is 14.6. The minimum Gasteiger partial charge on any atom is -0.456 e. The van der Waals surface area contributed by atoms with Crippen LogP contribution in [0.15, 0.2) is 203 Å². The maximum absolute atomic E-state index is 6.35. The SMILES string of the molecule is c1ccc(N(c2cc3ccc4cc(N(c5ccccc5)c5ccc6c(c5)oc5ccccc56)cc5ccc(c2)c3c45)c2ccc3c(c2)oc2ccccc23)cc1. The molecule has 0 fully saturated rings. The van der Waals surface area contributed by atoms with Gasteiger partial charge < -0.3 is 18.6 Å². The van der Waals surface area contributed by atoms with Crippen LogP contribution in [0.3, 0.4) is 0 Å². The fourth-order valence-electron chi connectivity index (χ4n) is 8.82. The fourth-order valence-corrected chi connectivity index (χ4v) is 8.82. The number of benzene rings is 10. The molecule has 0 saturated heterocycles. The number of fused-ring (bicyclic) bond motifs is 6. The molecule has 4 nitrogen and oxygen atoms in total. The van der Waals surface area contributed by atoms with Crippen molar-refractivity contribution in [1.29, 1.82) is 0 Å². The molecule has 0 saturated carbocycles. The van der Waals surface area contributed by atoms with E-state index < -0.39 is 0 Å². The predicted molar refractivity (Wildman–Crippen MR) is 234 cm³/mol. The smallest absolute Gasteiger partial charge is 0.137 e. The van der Waals surface area contributed by atoms with Crippen LogP contribution in [0.4, 0.5) is 34.1 Å². The van der Waals surface area contributed by atoms with Crippen LogP contribution >= 0.6 is 0 Å². The Morgan fingerprint density at radius 1 is 0.250 bits per heavy atom. The van der Waals surface area contributed by atoms with E-state index in [-0.39, 0.29) is 0 Å². The first-order chi connectivity index (χ1) is 27.7. The van der Waals surface area contributed by atoms with Gasteiger partial charge in [0, 0.05) is 67.8 Å². The van der Waals surface area contributed by atoms with Gasteiger partial charge in [-0.2, -0.15) is 0 Å². The Hall–Kier alpha value is -7.56. The number of hydrogen-bond acceptors (Lipinski definition) is 4. The zero-order valence-electron chi connectivity index (χ0n) is 30.2. The highest BCUT2D eigenvalue weighted by Crippen LogP contribution is 2.45. The highest BCUT2D eigenvalue weighted by Gasteiger charge is 2.20. The number of rotatable bonds is 6. The Morgan fingerprint density at radius 3 is 1.02 bits per heavy atom. The number of nitrogens with zero attached hydrogens (tertiary/aromatic N) is 2. The van der Waals surface area contributed by atoms with Crippen LogP contribution in [0, 0.1) is 0 Å². The molecule has 0 radical (unpaired) electrons. The molecule has 0 N–H and O–H groups in total. The van der Waals surface area contributed by atoms with E-state index in [9.17, 15) is 0 Å². The number of furan rings is 2. The summed E-state index contributed by atoms with van der Waals surface area (Å²) in [6, 6.07) is 69.1. The third kappa shape index (κ3) is 4.73. The minimum atomic E-state index is 0.875. The van der Waals surface area contributed by atoms with Crippen molar-refractivity contribution in [1.82, 2.24) is 0 Å². The Labute approximate surface area is 322 Å². The number of anilines is 6. The molecule has 0 amide bonds. The quantitative estimate of drug-likeness (QED) is 0.160. The average Bonchev–Trinajstić information content (AvgIpc) is 3.81. The zero-order chi connectivity index (χ0) is 36.7. The van der Waals surface area contributed by atoms with Crippen LogP contribution in [0.1, 0.15) is 0 Å². The van der Waals surface area contributed by atoms with Gasteiger partial charge in [0.05, 0.1) is 0 Å². The van der Waals surface area contributed by atoms with Crippen LogP contribution in [0.2, 0.25) is 0 Å². The van der Waals surface area contributed by atoms with E-state index in [1.54, 1.807) is 0 Å². The molecule has 12 rings (SSSR count). The highest BCUT2D eigenvalue weighted by atomic mass is 16.3. The molecule has 0 aliphatic rings. The van der Waals surface area contributed by atoms with E-state index >= 15 is 0 Å². The third-order valence-corrected chi connectivity index (χ3v) is 11.3. The number of para-hydroxylation sites is 4. The monoisotopic (exact) mass is 716 g/mol. The van der Waals surface area contributed by atoms with Crippen LogP contribution in [0.25, 0.3) is 76.2 Å². The average molecular weight is 717 g/mol. The molecule has 10 aromatic carbocycles. The first-order valence-corrected chi connectivity index (χ1v) is 19.0. The molecule has 262 valence electrons. The Kier molecular flexibility index (Phi) is 6.60. The van der Waals surface area contributed by atoms with Gasteiger partial charge in [0.15, 0.2) is 0 Å². The van der Waals surface area contributed by atoms with E-state index in [2.05, 4.69) is 180 Å². The molecule has 12 aromatic rings. The van der Waals surface area contributed by atoms with Gasteiger partial charge in [0.25, 0.3) is 0 Å². The van der Waals surface area contributed by atoms with E-state index in [4.69, 9.17) is 8.83 Å². The van der Waals surface area contributed by atoms with Gasteiger partial charge >= 0.3 is 0 Å². The molecule has 0 aliphatic heterocycles. The second kappa shape index (κ2) is 12.0. The van der Waals surface area contributed by atoms with E-state index in [1.807, 2.05) is 24.3 Å². The van der Waals surface area contributed by atoms with Crippen molar-refractivity contribution in [2.24, 2.45) is 0 Å². The molecular formula is C52H32N2O2. The second-order valence-corrected chi connectivity index (χ2v) is 14.6. The molecule has 4 heteroatoms. The van der Waals surface area contributed by atoms with Crippen LogP contribution < -0.4 is 9.80 Å². The van der Waals surface area contributed by atoms with Crippen molar-refractivity contribution in [3.05, 3.63) is 194 Å². The lowest BCUT2D eigenvalue weighted by Gasteiger charge is -2.27. The van der Waals surface area contributed by atoms with Gasteiger partial charge in [-0.15, -0.1) is 0 Å². The Balaban J connectivity index is 1.01. The summed E-state index contributed by atoms with van der Waals surface area (Å²) in [5, 5.41) is 11.8. The molecular weight excluding hydrogens is 685 g/mol. The molecule has 0 aliphatic carbocycles. The topological polar surface area (TPSA) is 32.8 Å². The number of hydrogen-bond donors (Lipinski definition) is 0. The third-order valence-electron chi connectivity index (χ3n) is 11.3. The molecule has 0 spiro atoms. The molecule has 2 heterocycles. The van der Waals surface area contributed by atoms with Crippen molar-refractivity contribution < 1.29 is 8.83 Å². The summed E-state index contributed by atoms with van der Waals surface area (Å²) in [5.41, 5.74) is 9.99. The summed E-state index contributed by atoms with van der Waals surface area (Å²) in [4.78, 5) is 4.66. The summed E-state index contributed by atoms with van der Waals surface area (Å²) < 4.78 is 12.7. The van der Waals surface area contributed by atoms with Crippen LogP contribution in [-0.4, -0.2) is 0 Å². The van der Waals surface area contributed by atoms with Crippen LogP contribution in [-0.2, 0) is 0 Å². The van der Waals surface area contributed by atoms with Gasteiger partial charge in [-0.25, -0.2) is 0 Å². The van der Waals surface area contributed by atoms with E-state index in [1.165, 1.54) is 32.3 Å². The maximum atomic E-state index is 6.35. The first-order valence-electron chi connectivity index (χ1n) is 19.0. The Bertz CT molecular complexity index is 3140. The van der Waals surface area contributed by atoms with Crippen molar-refractivity contribution in [2.75, 3.05) is 9.80 Å².